The Balaban J connectivity index is 0.000000360. The van der Waals surface area contributed by atoms with E-state index in [9.17, 15) is 8.42 Å². The first-order chi connectivity index (χ1) is 8.41. The summed E-state index contributed by atoms with van der Waals surface area (Å²) >= 11 is 0. The van der Waals surface area contributed by atoms with Gasteiger partial charge >= 0.3 is 0 Å². The van der Waals surface area contributed by atoms with Crippen molar-refractivity contribution in [2.75, 3.05) is 5.73 Å². The monoisotopic (exact) mass is 272 g/mol. The number of anilines is 1. The molecule has 0 aromatic heterocycles. The van der Waals surface area contributed by atoms with Gasteiger partial charge in [-0.05, 0) is 24.3 Å². The maximum Gasteiger partial charge on any atom is 0.238 e. The number of unbranched alkanes of at least 4 members (excludes halogenated alkanes) is 4. The Morgan fingerprint density at radius 2 is 1.39 bits per heavy atom. The molecule has 1 aromatic carbocycles. The van der Waals surface area contributed by atoms with E-state index >= 15 is 0 Å². The molecule has 0 heterocycles. The Morgan fingerprint density at radius 1 is 0.944 bits per heavy atom. The molecule has 0 spiro atoms. The third-order valence-corrected chi connectivity index (χ3v) is 3.34. The van der Waals surface area contributed by atoms with Gasteiger partial charge in [-0.3, -0.25) is 0 Å². The van der Waals surface area contributed by atoms with Crippen molar-refractivity contribution in [3.05, 3.63) is 24.3 Å². The number of sulfonamides is 1. The second-order valence-corrected chi connectivity index (χ2v) is 5.74. The normalized spacial score (nSPS) is 10.6. The van der Waals surface area contributed by atoms with Crippen molar-refractivity contribution in [2.45, 2.75) is 50.8 Å². The molecule has 0 aliphatic heterocycles. The summed E-state index contributed by atoms with van der Waals surface area (Å²) in [6, 6.07) is 5.70. The highest BCUT2D eigenvalue weighted by atomic mass is 32.2. The Hall–Kier alpha value is -1.07. The zero-order valence-corrected chi connectivity index (χ0v) is 12.0. The molecule has 0 radical (unpaired) electrons. The summed E-state index contributed by atoms with van der Waals surface area (Å²) in [4.78, 5) is 0.0756. The average Bonchev–Trinajstić information content (AvgIpc) is 2.30. The first kappa shape index (κ1) is 16.9. The summed E-state index contributed by atoms with van der Waals surface area (Å²) in [7, 11) is -3.58. The molecule has 0 fully saturated rings. The lowest BCUT2D eigenvalue weighted by molar-refractivity contribution is 0.598. The molecule has 5 heteroatoms. The fraction of sp³-hybridized carbons (Fsp3) is 0.538. The highest BCUT2D eigenvalue weighted by Crippen LogP contribution is 2.08. The number of hydrogen-bond acceptors (Lipinski definition) is 3. The van der Waals surface area contributed by atoms with Crippen LogP contribution in [0.4, 0.5) is 5.69 Å². The van der Waals surface area contributed by atoms with E-state index < -0.39 is 10.0 Å². The molecule has 0 aliphatic carbocycles. The predicted molar refractivity (Wildman–Crippen MR) is 76.7 cm³/mol. The van der Waals surface area contributed by atoms with Gasteiger partial charge in [-0.1, -0.05) is 46.0 Å². The maximum atomic E-state index is 10.7. The molecule has 0 amide bonds. The van der Waals surface area contributed by atoms with Crippen molar-refractivity contribution < 1.29 is 8.42 Å². The van der Waals surface area contributed by atoms with Crippen LogP contribution >= 0.6 is 0 Å². The molecule has 0 bridgehead atoms. The fourth-order valence-corrected chi connectivity index (χ4v) is 1.85. The molecule has 4 N–H and O–H groups in total. The lowest BCUT2D eigenvalue weighted by atomic mass is 10.2. The summed E-state index contributed by atoms with van der Waals surface area (Å²) in [5.74, 6) is 0. The van der Waals surface area contributed by atoms with Crippen LogP contribution in [0.15, 0.2) is 29.2 Å². The summed E-state index contributed by atoms with van der Waals surface area (Å²) in [6.45, 7) is 4.49. The average molecular weight is 272 g/mol. The minimum atomic E-state index is -3.58. The molecular weight excluding hydrogens is 248 g/mol. The molecule has 0 aliphatic rings. The van der Waals surface area contributed by atoms with Crippen LogP contribution in [0, 0.1) is 0 Å². The van der Waals surface area contributed by atoms with E-state index in [2.05, 4.69) is 13.8 Å². The van der Waals surface area contributed by atoms with Crippen LogP contribution in [0.3, 0.4) is 0 Å². The van der Waals surface area contributed by atoms with Crippen LogP contribution < -0.4 is 10.9 Å². The first-order valence-corrected chi connectivity index (χ1v) is 7.84. The molecule has 104 valence electrons. The number of rotatable bonds is 5. The number of hydrogen-bond donors (Lipinski definition) is 2. The van der Waals surface area contributed by atoms with Gasteiger partial charge in [0.2, 0.25) is 10.0 Å². The number of nitrogens with two attached hydrogens (primary N) is 2. The van der Waals surface area contributed by atoms with Crippen LogP contribution in [0.5, 0.6) is 0 Å². The van der Waals surface area contributed by atoms with Gasteiger partial charge in [0.05, 0.1) is 4.90 Å². The van der Waals surface area contributed by atoms with E-state index in [-0.39, 0.29) is 4.90 Å². The van der Waals surface area contributed by atoms with Crippen LogP contribution in [-0.2, 0) is 10.0 Å². The second kappa shape index (κ2) is 8.94. The number of nitrogen functional groups attached to an aromatic ring is 1. The predicted octanol–water partition coefficient (Wildman–Crippen LogP) is 2.89. The van der Waals surface area contributed by atoms with Crippen molar-refractivity contribution in [1.82, 2.24) is 0 Å². The molecule has 1 rings (SSSR count). The standard InChI is InChI=1S/C7H16.C6H8N2O2S/c1-3-5-7-6-4-2;7-5-1-3-6(4-2-5)11(8,9)10/h3-7H2,1-2H3;1-4H,7H2,(H2,8,9,10). The third kappa shape index (κ3) is 8.08. The molecule has 1 aromatic rings. The lowest BCUT2D eigenvalue weighted by Crippen LogP contribution is -2.11. The molecule has 0 saturated carbocycles. The topological polar surface area (TPSA) is 86.2 Å². The van der Waals surface area contributed by atoms with Crippen LogP contribution in [0.1, 0.15) is 46.0 Å². The zero-order chi connectivity index (χ0) is 14.0. The van der Waals surface area contributed by atoms with E-state index in [4.69, 9.17) is 10.9 Å². The van der Waals surface area contributed by atoms with Gasteiger partial charge in [-0.25, -0.2) is 13.6 Å². The van der Waals surface area contributed by atoms with Crippen molar-refractivity contribution >= 4 is 15.7 Å². The smallest absolute Gasteiger partial charge is 0.238 e. The molecule has 0 saturated heterocycles. The Labute approximate surface area is 110 Å². The quantitative estimate of drug-likeness (QED) is 0.638. The summed E-state index contributed by atoms with van der Waals surface area (Å²) in [5.41, 5.74) is 5.85. The number of benzene rings is 1. The third-order valence-electron chi connectivity index (χ3n) is 2.42. The van der Waals surface area contributed by atoms with Gasteiger partial charge in [0.25, 0.3) is 0 Å². The van der Waals surface area contributed by atoms with Crippen molar-refractivity contribution in [1.29, 1.82) is 0 Å². The summed E-state index contributed by atoms with van der Waals surface area (Å²) in [5, 5.41) is 4.84. The van der Waals surface area contributed by atoms with Gasteiger partial charge in [0, 0.05) is 5.69 Å². The van der Waals surface area contributed by atoms with Crippen molar-refractivity contribution in [2.24, 2.45) is 5.14 Å². The molecule has 18 heavy (non-hydrogen) atoms. The molecular formula is C13H24N2O2S. The first-order valence-electron chi connectivity index (χ1n) is 6.30. The van der Waals surface area contributed by atoms with Gasteiger partial charge in [-0.15, -0.1) is 0 Å². The van der Waals surface area contributed by atoms with E-state index in [0.717, 1.165) is 0 Å². The van der Waals surface area contributed by atoms with E-state index in [1.54, 1.807) is 0 Å². The maximum absolute atomic E-state index is 10.7. The zero-order valence-electron chi connectivity index (χ0n) is 11.2. The molecule has 0 atom stereocenters. The Morgan fingerprint density at radius 3 is 1.72 bits per heavy atom. The second-order valence-electron chi connectivity index (χ2n) is 4.17. The highest BCUT2D eigenvalue weighted by molar-refractivity contribution is 7.89. The van der Waals surface area contributed by atoms with Crippen LogP contribution in [0.25, 0.3) is 0 Å². The van der Waals surface area contributed by atoms with E-state index in [1.165, 1.54) is 56.4 Å². The van der Waals surface area contributed by atoms with Crippen molar-refractivity contribution in [3.8, 4) is 0 Å². The van der Waals surface area contributed by atoms with Crippen LogP contribution in [-0.4, -0.2) is 8.42 Å². The number of primary sulfonamides is 1. The molecule has 0 unspecified atom stereocenters. The lowest BCUT2D eigenvalue weighted by Gasteiger charge is -1.96. The highest BCUT2D eigenvalue weighted by Gasteiger charge is 2.04. The minimum Gasteiger partial charge on any atom is -0.399 e. The minimum absolute atomic E-state index is 0.0756. The Bertz CT molecular complexity index is 409. The van der Waals surface area contributed by atoms with Crippen LogP contribution in [0.2, 0.25) is 0 Å². The largest absolute Gasteiger partial charge is 0.399 e. The van der Waals surface area contributed by atoms with E-state index in [1.807, 2.05) is 0 Å². The van der Waals surface area contributed by atoms with Gasteiger partial charge < -0.3 is 5.73 Å². The van der Waals surface area contributed by atoms with Crippen molar-refractivity contribution in [3.63, 3.8) is 0 Å². The SMILES string of the molecule is CCCCCCC.Nc1ccc(S(N)(=O)=O)cc1. The Kier molecular flexibility index (Phi) is 8.41. The summed E-state index contributed by atoms with van der Waals surface area (Å²) in [6.07, 6.45) is 7.01. The van der Waals surface area contributed by atoms with Gasteiger partial charge in [-0.2, -0.15) is 0 Å². The fourth-order valence-electron chi connectivity index (χ4n) is 1.33. The molecule has 4 nitrogen and oxygen atoms in total. The van der Waals surface area contributed by atoms with Gasteiger partial charge in [0.15, 0.2) is 0 Å². The summed E-state index contributed by atoms with van der Waals surface area (Å²) < 4.78 is 21.4. The van der Waals surface area contributed by atoms with E-state index in [0.29, 0.717) is 5.69 Å². The van der Waals surface area contributed by atoms with Gasteiger partial charge in [0.1, 0.15) is 0 Å².